The van der Waals surface area contributed by atoms with E-state index in [0.717, 1.165) is 0 Å². The first kappa shape index (κ1) is 11.8. The number of hydrogen-bond donors (Lipinski definition) is 3. The number of para-hydroxylation sites is 1. The van der Waals surface area contributed by atoms with Crippen LogP contribution in [0, 0.1) is 0 Å². The summed E-state index contributed by atoms with van der Waals surface area (Å²) in [6, 6.07) is 11.6. The molecule has 17 heavy (non-hydrogen) atoms. The summed E-state index contributed by atoms with van der Waals surface area (Å²) >= 11 is 5.91. The molecule has 0 aromatic heterocycles. The molecule has 0 fully saturated rings. The number of halogens is 1. The van der Waals surface area contributed by atoms with Crippen molar-refractivity contribution in [3.05, 3.63) is 58.6 Å². The van der Waals surface area contributed by atoms with Gasteiger partial charge in [0.25, 0.3) is 0 Å². The van der Waals surface area contributed by atoms with Crippen LogP contribution in [0.4, 0.5) is 5.69 Å². The van der Waals surface area contributed by atoms with Gasteiger partial charge in [0.2, 0.25) is 0 Å². The Bertz CT molecular complexity index is 543. The molecule has 0 radical (unpaired) electrons. The molecule has 0 aliphatic carbocycles. The van der Waals surface area contributed by atoms with E-state index < -0.39 is 6.04 Å². The molecule has 4 heteroatoms. The normalized spacial score (nSPS) is 12.4. The SMILES string of the molecule is Nc1ccc(Cl)cc1[C@@H](N)c1ccccc1O. The molecule has 0 amide bonds. The van der Waals surface area contributed by atoms with Gasteiger partial charge in [-0.15, -0.1) is 0 Å². The Labute approximate surface area is 105 Å². The molecular formula is C13H13ClN2O. The summed E-state index contributed by atoms with van der Waals surface area (Å²) in [7, 11) is 0. The summed E-state index contributed by atoms with van der Waals surface area (Å²) in [5.74, 6) is 0.152. The number of nitrogens with two attached hydrogens (primary N) is 2. The average molecular weight is 249 g/mol. The van der Waals surface area contributed by atoms with Crippen molar-refractivity contribution in [2.45, 2.75) is 6.04 Å². The van der Waals surface area contributed by atoms with Gasteiger partial charge in [-0.05, 0) is 29.8 Å². The Morgan fingerprint density at radius 3 is 2.47 bits per heavy atom. The van der Waals surface area contributed by atoms with Crippen LogP contribution >= 0.6 is 11.6 Å². The van der Waals surface area contributed by atoms with Crippen molar-refractivity contribution >= 4 is 17.3 Å². The molecule has 2 rings (SSSR count). The fraction of sp³-hybridized carbons (Fsp3) is 0.0769. The second-order valence-corrected chi connectivity index (χ2v) is 4.25. The highest BCUT2D eigenvalue weighted by Crippen LogP contribution is 2.31. The molecule has 0 heterocycles. The van der Waals surface area contributed by atoms with E-state index >= 15 is 0 Å². The first-order valence-corrected chi connectivity index (χ1v) is 5.56. The maximum absolute atomic E-state index is 9.75. The smallest absolute Gasteiger partial charge is 0.120 e. The minimum atomic E-state index is -0.491. The van der Waals surface area contributed by atoms with E-state index in [0.29, 0.717) is 21.8 Å². The van der Waals surface area contributed by atoms with Crippen LogP contribution in [-0.2, 0) is 0 Å². The van der Waals surface area contributed by atoms with Crippen LogP contribution in [0.2, 0.25) is 5.02 Å². The zero-order valence-corrected chi connectivity index (χ0v) is 9.85. The summed E-state index contributed by atoms with van der Waals surface area (Å²) in [5, 5.41) is 10.3. The number of phenols is 1. The van der Waals surface area contributed by atoms with Crippen LogP contribution in [0.1, 0.15) is 17.2 Å². The number of benzene rings is 2. The monoisotopic (exact) mass is 248 g/mol. The Balaban J connectivity index is 2.47. The van der Waals surface area contributed by atoms with E-state index in [2.05, 4.69) is 0 Å². The minimum absolute atomic E-state index is 0.152. The molecule has 2 aromatic rings. The zero-order valence-electron chi connectivity index (χ0n) is 9.10. The first-order valence-electron chi connectivity index (χ1n) is 5.18. The lowest BCUT2D eigenvalue weighted by Gasteiger charge is -2.16. The topological polar surface area (TPSA) is 72.3 Å². The van der Waals surface area contributed by atoms with Gasteiger partial charge in [0.15, 0.2) is 0 Å². The second-order valence-electron chi connectivity index (χ2n) is 3.81. The largest absolute Gasteiger partial charge is 0.508 e. The van der Waals surface area contributed by atoms with Crippen molar-refractivity contribution in [3.63, 3.8) is 0 Å². The van der Waals surface area contributed by atoms with Gasteiger partial charge in [-0.25, -0.2) is 0 Å². The van der Waals surface area contributed by atoms with Crippen molar-refractivity contribution in [2.75, 3.05) is 5.73 Å². The average Bonchev–Trinajstić information content (AvgIpc) is 2.32. The van der Waals surface area contributed by atoms with Crippen molar-refractivity contribution in [2.24, 2.45) is 5.73 Å². The Morgan fingerprint density at radius 2 is 1.76 bits per heavy atom. The number of rotatable bonds is 2. The summed E-state index contributed by atoms with van der Waals surface area (Å²) in [6.45, 7) is 0. The fourth-order valence-electron chi connectivity index (χ4n) is 1.73. The Hall–Kier alpha value is -1.71. The summed E-state index contributed by atoms with van der Waals surface area (Å²) in [5.41, 5.74) is 13.8. The molecule has 0 saturated heterocycles. The predicted octanol–water partition coefficient (Wildman–Crippen LogP) is 2.68. The molecule has 0 bridgehead atoms. The maximum atomic E-state index is 9.75. The Kier molecular flexibility index (Phi) is 3.22. The number of aromatic hydroxyl groups is 1. The molecule has 1 atom stereocenters. The van der Waals surface area contributed by atoms with Crippen LogP contribution < -0.4 is 11.5 Å². The quantitative estimate of drug-likeness (QED) is 0.716. The number of nitrogen functional groups attached to an aromatic ring is 1. The lowest BCUT2D eigenvalue weighted by molar-refractivity contribution is 0.465. The highest BCUT2D eigenvalue weighted by molar-refractivity contribution is 6.30. The van der Waals surface area contributed by atoms with Crippen LogP contribution in [0.15, 0.2) is 42.5 Å². The van der Waals surface area contributed by atoms with Crippen LogP contribution in [-0.4, -0.2) is 5.11 Å². The third-order valence-corrected chi connectivity index (χ3v) is 2.89. The van der Waals surface area contributed by atoms with Gasteiger partial charge in [0, 0.05) is 16.3 Å². The lowest BCUT2D eigenvalue weighted by atomic mass is 9.97. The van der Waals surface area contributed by atoms with Gasteiger partial charge in [-0.3, -0.25) is 0 Å². The van der Waals surface area contributed by atoms with E-state index in [1.807, 2.05) is 6.07 Å². The molecule has 5 N–H and O–H groups in total. The molecule has 2 aromatic carbocycles. The fourth-order valence-corrected chi connectivity index (χ4v) is 1.91. The van der Waals surface area contributed by atoms with E-state index in [-0.39, 0.29) is 5.75 Å². The summed E-state index contributed by atoms with van der Waals surface area (Å²) < 4.78 is 0. The molecule has 88 valence electrons. The molecule has 0 aliphatic heterocycles. The van der Waals surface area contributed by atoms with Gasteiger partial charge < -0.3 is 16.6 Å². The molecule has 0 spiro atoms. The zero-order chi connectivity index (χ0) is 12.4. The van der Waals surface area contributed by atoms with E-state index in [1.165, 1.54) is 0 Å². The second kappa shape index (κ2) is 4.65. The van der Waals surface area contributed by atoms with Crippen molar-refractivity contribution < 1.29 is 5.11 Å². The van der Waals surface area contributed by atoms with Gasteiger partial charge >= 0.3 is 0 Å². The number of phenolic OH excluding ortho intramolecular Hbond substituents is 1. The standard InChI is InChI=1S/C13H13ClN2O/c14-8-5-6-11(15)10(7-8)13(16)9-3-1-2-4-12(9)17/h1-7,13,17H,15-16H2/t13-/m0/s1. The van der Waals surface area contributed by atoms with Crippen molar-refractivity contribution in [1.82, 2.24) is 0 Å². The van der Waals surface area contributed by atoms with Gasteiger partial charge in [-0.2, -0.15) is 0 Å². The van der Waals surface area contributed by atoms with Gasteiger partial charge in [0.1, 0.15) is 5.75 Å². The molecule has 0 saturated carbocycles. The van der Waals surface area contributed by atoms with Crippen molar-refractivity contribution in [3.8, 4) is 5.75 Å². The molecule has 3 nitrogen and oxygen atoms in total. The third-order valence-electron chi connectivity index (χ3n) is 2.66. The molecule has 0 aliphatic rings. The van der Waals surface area contributed by atoms with E-state index in [9.17, 15) is 5.11 Å². The number of anilines is 1. The maximum Gasteiger partial charge on any atom is 0.120 e. The first-order chi connectivity index (χ1) is 8.09. The minimum Gasteiger partial charge on any atom is -0.508 e. The highest BCUT2D eigenvalue weighted by Gasteiger charge is 2.15. The van der Waals surface area contributed by atoms with E-state index in [1.54, 1.807) is 36.4 Å². The van der Waals surface area contributed by atoms with Crippen LogP contribution in [0.25, 0.3) is 0 Å². The van der Waals surface area contributed by atoms with Crippen molar-refractivity contribution in [1.29, 1.82) is 0 Å². The van der Waals surface area contributed by atoms with Gasteiger partial charge in [-0.1, -0.05) is 29.8 Å². The third kappa shape index (κ3) is 2.35. The molecule has 0 unspecified atom stereocenters. The van der Waals surface area contributed by atoms with E-state index in [4.69, 9.17) is 23.1 Å². The van der Waals surface area contributed by atoms with Gasteiger partial charge in [0.05, 0.1) is 6.04 Å². The summed E-state index contributed by atoms with van der Waals surface area (Å²) in [4.78, 5) is 0. The van der Waals surface area contributed by atoms with Crippen LogP contribution in [0.3, 0.4) is 0 Å². The van der Waals surface area contributed by atoms with Crippen LogP contribution in [0.5, 0.6) is 5.75 Å². The predicted molar refractivity (Wildman–Crippen MR) is 70.0 cm³/mol. The Morgan fingerprint density at radius 1 is 1.06 bits per heavy atom. The highest BCUT2D eigenvalue weighted by atomic mass is 35.5. The lowest BCUT2D eigenvalue weighted by Crippen LogP contribution is -2.14. The molecular weight excluding hydrogens is 236 g/mol. The summed E-state index contributed by atoms with van der Waals surface area (Å²) in [6.07, 6.45) is 0. The number of hydrogen-bond acceptors (Lipinski definition) is 3.